The molecule has 5 rings (SSSR count). The number of rotatable bonds is 6. The summed E-state index contributed by atoms with van der Waals surface area (Å²) in [6.07, 6.45) is 6.22. The number of carbonyl (C=O) groups excluding carboxylic acids is 1. The zero-order chi connectivity index (χ0) is 21.0. The van der Waals surface area contributed by atoms with Gasteiger partial charge >= 0.3 is 0 Å². The van der Waals surface area contributed by atoms with Crippen molar-refractivity contribution in [3.05, 3.63) is 64.7 Å². The van der Waals surface area contributed by atoms with Gasteiger partial charge in [-0.3, -0.25) is 9.69 Å². The Morgan fingerprint density at radius 2 is 1.77 bits per heavy atom. The Morgan fingerprint density at radius 1 is 0.968 bits per heavy atom. The van der Waals surface area contributed by atoms with Crippen LogP contribution in [0.15, 0.2) is 42.5 Å². The van der Waals surface area contributed by atoms with Crippen molar-refractivity contribution in [2.75, 3.05) is 26.2 Å². The zero-order valence-corrected chi connectivity index (χ0v) is 18.3. The van der Waals surface area contributed by atoms with Gasteiger partial charge in [-0.05, 0) is 68.6 Å². The molecule has 1 unspecified atom stereocenters. The average Bonchev–Trinajstić information content (AvgIpc) is 3.17. The molecular weight excluding hydrogens is 386 g/mol. The van der Waals surface area contributed by atoms with Crippen molar-refractivity contribution in [3.63, 3.8) is 0 Å². The number of carbonyl (C=O) groups is 1. The van der Waals surface area contributed by atoms with E-state index in [1.54, 1.807) is 0 Å². The molecule has 2 aromatic rings. The summed E-state index contributed by atoms with van der Waals surface area (Å²) in [6.45, 7) is 6.61. The molecule has 5 heteroatoms. The van der Waals surface area contributed by atoms with E-state index in [0.717, 1.165) is 54.9 Å². The molecule has 3 aliphatic heterocycles. The molecule has 2 aromatic carbocycles. The Hall–Kier alpha value is -2.37. The molecule has 3 heterocycles. The SMILES string of the molecule is O=C1c2cccc(OCc3ccc(CN4CCCCC4)cc3)c2CN1C1CCCNC1. The Kier molecular flexibility index (Phi) is 6.23. The van der Waals surface area contributed by atoms with Crippen LogP contribution in [-0.4, -0.2) is 47.9 Å². The quantitative estimate of drug-likeness (QED) is 0.770. The number of benzene rings is 2. The molecule has 2 fully saturated rings. The van der Waals surface area contributed by atoms with Gasteiger partial charge in [0.25, 0.3) is 5.91 Å². The Labute approximate surface area is 185 Å². The lowest BCUT2D eigenvalue weighted by molar-refractivity contribution is 0.0674. The zero-order valence-electron chi connectivity index (χ0n) is 18.3. The van der Waals surface area contributed by atoms with Gasteiger partial charge in [-0.15, -0.1) is 0 Å². The van der Waals surface area contributed by atoms with Crippen LogP contribution in [0.1, 0.15) is 59.2 Å². The number of ether oxygens (including phenoxy) is 1. The average molecular weight is 420 g/mol. The van der Waals surface area contributed by atoms with Crippen LogP contribution >= 0.6 is 0 Å². The number of hydrogen-bond donors (Lipinski definition) is 1. The fraction of sp³-hybridized carbons (Fsp3) is 0.500. The van der Waals surface area contributed by atoms with Crippen LogP contribution in [0, 0.1) is 0 Å². The van der Waals surface area contributed by atoms with Gasteiger partial charge in [-0.2, -0.15) is 0 Å². The largest absolute Gasteiger partial charge is 0.489 e. The van der Waals surface area contributed by atoms with Gasteiger partial charge in [0.05, 0.1) is 6.54 Å². The number of hydrogen-bond acceptors (Lipinski definition) is 4. The Morgan fingerprint density at radius 3 is 2.55 bits per heavy atom. The maximum atomic E-state index is 13.0. The van der Waals surface area contributed by atoms with E-state index in [1.165, 1.54) is 37.9 Å². The van der Waals surface area contributed by atoms with Crippen LogP contribution in [0.4, 0.5) is 0 Å². The topological polar surface area (TPSA) is 44.8 Å². The van der Waals surface area contributed by atoms with Crippen molar-refractivity contribution in [2.24, 2.45) is 0 Å². The monoisotopic (exact) mass is 419 g/mol. The summed E-state index contributed by atoms with van der Waals surface area (Å²) < 4.78 is 6.20. The van der Waals surface area contributed by atoms with Crippen molar-refractivity contribution < 1.29 is 9.53 Å². The van der Waals surface area contributed by atoms with Gasteiger partial charge in [-0.1, -0.05) is 36.8 Å². The highest BCUT2D eigenvalue weighted by molar-refractivity contribution is 5.99. The lowest BCUT2D eigenvalue weighted by Crippen LogP contribution is -2.46. The van der Waals surface area contributed by atoms with Gasteiger partial charge in [0, 0.05) is 30.3 Å². The number of piperidine rings is 2. The minimum Gasteiger partial charge on any atom is -0.489 e. The maximum absolute atomic E-state index is 13.0. The number of nitrogens with one attached hydrogen (secondary N) is 1. The summed E-state index contributed by atoms with van der Waals surface area (Å²) in [5, 5.41) is 3.42. The van der Waals surface area contributed by atoms with E-state index in [0.29, 0.717) is 13.2 Å². The first-order valence-electron chi connectivity index (χ1n) is 11.8. The fourth-order valence-electron chi connectivity index (χ4n) is 5.13. The predicted octanol–water partition coefficient (Wildman–Crippen LogP) is 3.96. The molecule has 0 aromatic heterocycles. The second-order valence-corrected chi connectivity index (χ2v) is 9.16. The van der Waals surface area contributed by atoms with E-state index < -0.39 is 0 Å². The van der Waals surface area contributed by atoms with E-state index >= 15 is 0 Å². The van der Waals surface area contributed by atoms with Gasteiger partial charge in [-0.25, -0.2) is 0 Å². The van der Waals surface area contributed by atoms with Crippen LogP contribution in [0.2, 0.25) is 0 Å². The molecule has 1 amide bonds. The first-order chi connectivity index (χ1) is 15.3. The highest BCUT2D eigenvalue weighted by Crippen LogP contribution is 2.33. The smallest absolute Gasteiger partial charge is 0.254 e. The normalized spacial score (nSPS) is 21.9. The molecule has 0 radical (unpaired) electrons. The molecule has 1 N–H and O–H groups in total. The number of fused-ring (bicyclic) bond motifs is 1. The first kappa shape index (κ1) is 20.5. The highest BCUT2D eigenvalue weighted by Gasteiger charge is 2.35. The molecule has 3 aliphatic rings. The van der Waals surface area contributed by atoms with Crippen LogP contribution in [0.5, 0.6) is 5.75 Å². The Bertz CT molecular complexity index is 899. The van der Waals surface area contributed by atoms with Crippen molar-refractivity contribution in [1.82, 2.24) is 15.1 Å². The second kappa shape index (κ2) is 9.41. The third-order valence-corrected chi connectivity index (χ3v) is 6.94. The lowest BCUT2D eigenvalue weighted by Gasteiger charge is -2.31. The minimum absolute atomic E-state index is 0.149. The summed E-state index contributed by atoms with van der Waals surface area (Å²) in [4.78, 5) is 17.5. The maximum Gasteiger partial charge on any atom is 0.254 e. The van der Waals surface area contributed by atoms with Crippen LogP contribution in [-0.2, 0) is 19.7 Å². The summed E-state index contributed by atoms with van der Waals surface area (Å²) >= 11 is 0. The van der Waals surface area contributed by atoms with E-state index in [-0.39, 0.29) is 11.9 Å². The molecule has 0 aliphatic carbocycles. The lowest BCUT2D eigenvalue weighted by atomic mass is 10.1. The minimum atomic E-state index is 0.149. The van der Waals surface area contributed by atoms with E-state index in [2.05, 4.69) is 34.5 Å². The number of nitrogens with zero attached hydrogens (tertiary/aromatic N) is 2. The van der Waals surface area contributed by atoms with E-state index in [1.807, 2.05) is 23.1 Å². The van der Waals surface area contributed by atoms with Crippen LogP contribution < -0.4 is 10.1 Å². The van der Waals surface area contributed by atoms with Crippen molar-refractivity contribution in [2.45, 2.75) is 57.8 Å². The van der Waals surface area contributed by atoms with Crippen LogP contribution in [0.25, 0.3) is 0 Å². The molecule has 1 atom stereocenters. The highest BCUT2D eigenvalue weighted by atomic mass is 16.5. The molecule has 0 saturated carbocycles. The van der Waals surface area contributed by atoms with Gasteiger partial charge in [0.15, 0.2) is 0 Å². The number of likely N-dealkylation sites (tertiary alicyclic amines) is 1. The van der Waals surface area contributed by atoms with E-state index in [4.69, 9.17) is 4.74 Å². The van der Waals surface area contributed by atoms with Crippen molar-refractivity contribution in [3.8, 4) is 5.75 Å². The molecule has 5 nitrogen and oxygen atoms in total. The summed E-state index contributed by atoms with van der Waals surface area (Å²) in [5.41, 5.74) is 4.38. The second-order valence-electron chi connectivity index (χ2n) is 9.16. The molecule has 31 heavy (non-hydrogen) atoms. The van der Waals surface area contributed by atoms with Gasteiger partial charge < -0.3 is 15.0 Å². The predicted molar refractivity (Wildman–Crippen MR) is 122 cm³/mol. The Balaban J connectivity index is 1.21. The third kappa shape index (κ3) is 4.63. The standard InChI is InChI=1S/C26H33N3O2/c30-26-23-7-4-8-25(24(23)18-29(26)22-6-5-13-27-16-22)31-19-21-11-9-20(10-12-21)17-28-14-2-1-3-15-28/h4,7-12,22,27H,1-3,5-6,13-19H2. The molecule has 0 bridgehead atoms. The molecule has 164 valence electrons. The molecule has 0 spiro atoms. The summed E-state index contributed by atoms with van der Waals surface area (Å²) in [5.74, 6) is 0.991. The molecule has 2 saturated heterocycles. The van der Waals surface area contributed by atoms with Crippen molar-refractivity contribution >= 4 is 5.91 Å². The molecular formula is C26H33N3O2. The fourth-order valence-corrected chi connectivity index (χ4v) is 5.13. The summed E-state index contributed by atoms with van der Waals surface area (Å²) in [7, 11) is 0. The van der Waals surface area contributed by atoms with Crippen LogP contribution in [0.3, 0.4) is 0 Å². The van der Waals surface area contributed by atoms with Gasteiger partial charge in [0.1, 0.15) is 12.4 Å². The van der Waals surface area contributed by atoms with E-state index in [9.17, 15) is 4.79 Å². The van der Waals surface area contributed by atoms with Crippen molar-refractivity contribution in [1.29, 1.82) is 0 Å². The summed E-state index contributed by atoms with van der Waals surface area (Å²) in [6, 6.07) is 15.0. The number of amides is 1. The third-order valence-electron chi connectivity index (χ3n) is 6.94. The first-order valence-corrected chi connectivity index (χ1v) is 11.8. The van der Waals surface area contributed by atoms with Gasteiger partial charge in [0.2, 0.25) is 0 Å².